The minimum absolute atomic E-state index is 0.101. The zero-order chi connectivity index (χ0) is 18.7. The van der Waals surface area contributed by atoms with Crippen molar-refractivity contribution in [1.29, 1.82) is 0 Å². The summed E-state index contributed by atoms with van der Waals surface area (Å²) in [6, 6.07) is 1.29. The van der Waals surface area contributed by atoms with Crippen molar-refractivity contribution in [2.24, 2.45) is 11.8 Å². The summed E-state index contributed by atoms with van der Waals surface area (Å²) in [6.45, 7) is 7.67. The highest BCUT2D eigenvalue weighted by Gasteiger charge is 2.28. The van der Waals surface area contributed by atoms with Gasteiger partial charge in [0.2, 0.25) is 11.9 Å². The molecule has 1 saturated carbocycles. The van der Waals surface area contributed by atoms with Crippen molar-refractivity contribution >= 4 is 11.9 Å². The molecule has 7 heteroatoms. The van der Waals surface area contributed by atoms with Crippen molar-refractivity contribution < 1.29 is 4.79 Å². The molecule has 1 atom stereocenters. The maximum absolute atomic E-state index is 12.6. The minimum atomic E-state index is -0.239. The van der Waals surface area contributed by atoms with Crippen molar-refractivity contribution in [3.8, 4) is 0 Å². The normalized spacial score (nSPS) is 20.5. The molecule has 7 nitrogen and oxygen atoms in total. The lowest BCUT2D eigenvalue weighted by Gasteiger charge is -2.33. The Bertz CT molecular complexity index is 673. The minimum Gasteiger partial charge on any atom is -0.347 e. The van der Waals surface area contributed by atoms with Gasteiger partial charge in [-0.15, -0.1) is 0 Å². The van der Waals surface area contributed by atoms with Gasteiger partial charge in [0.25, 0.3) is 5.56 Å². The fourth-order valence-corrected chi connectivity index (χ4v) is 3.83. The molecule has 1 aromatic rings. The number of nitrogens with zero attached hydrogens (tertiary/aromatic N) is 3. The van der Waals surface area contributed by atoms with Crippen molar-refractivity contribution in [1.82, 2.24) is 20.2 Å². The van der Waals surface area contributed by atoms with E-state index in [1.807, 2.05) is 0 Å². The van der Waals surface area contributed by atoms with E-state index >= 15 is 0 Å². The van der Waals surface area contributed by atoms with Gasteiger partial charge in [-0.05, 0) is 25.8 Å². The second-order valence-corrected chi connectivity index (χ2v) is 8.00. The highest BCUT2D eigenvalue weighted by molar-refractivity contribution is 5.79. The van der Waals surface area contributed by atoms with Gasteiger partial charge < -0.3 is 15.1 Å². The summed E-state index contributed by atoms with van der Waals surface area (Å²) in [5.74, 6) is 0.983. The molecule has 0 unspecified atom stereocenters. The summed E-state index contributed by atoms with van der Waals surface area (Å²) >= 11 is 0. The maximum atomic E-state index is 12.6. The molecule has 0 aromatic carbocycles. The van der Waals surface area contributed by atoms with Crippen molar-refractivity contribution in [3.05, 3.63) is 22.1 Å². The Balaban J connectivity index is 1.80. The third-order valence-electron chi connectivity index (χ3n) is 5.56. The molecule has 1 saturated heterocycles. The number of carbonyl (C=O) groups is 1. The molecule has 144 valence electrons. The Hall–Kier alpha value is -1.89. The van der Waals surface area contributed by atoms with Gasteiger partial charge >= 0.3 is 0 Å². The lowest BCUT2D eigenvalue weighted by atomic mass is 9.98. The van der Waals surface area contributed by atoms with Crippen molar-refractivity contribution in [2.45, 2.75) is 45.6 Å². The zero-order valence-corrected chi connectivity index (χ0v) is 16.1. The van der Waals surface area contributed by atoms with Crippen LogP contribution in [0.25, 0.3) is 0 Å². The van der Waals surface area contributed by atoms with Crippen LogP contribution in [0.3, 0.4) is 0 Å². The first-order chi connectivity index (χ1) is 12.4. The van der Waals surface area contributed by atoms with E-state index in [1.54, 1.807) is 0 Å². The van der Waals surface area contributed by atoms with E-state index in [2.05, 4.69) is 41.0 Å². The van der Waals surface area contributed by atoms with E-state index in [0.29, 0.717) is 11.6 Å². The second kappa shape index (κ2) is 8.20. The average molecular weight is 361 g/mol. The van der Waals surface area contributed by atoms with Crippen molar-refractivity contribution in [3.63, 3.8) is 0 Å². The second-order valence-electron chi connectivity index (χ2n) is 8.00. The third-order valence-corrected chi connectivity index (χ3v) is 5.56. The van der Waals surface area contributed by atoms with Crippen LogP contribution in [-0.2, 0) is 4.79 Å². The molecular weight excluding hydrogens is 330 g/mol. The van der Waals surface area contributed by atoms with E-state index in [1.165, 1.54) is 6.07 Å². The quantitative estimate of drug-likeness (QED) is 0.831. The number of carbonyl (C=O) groups excluding carboxylic acids is 1. The van der Waals surface area contributed by atoms with E-state index in [4.69, 9.17) is 4.98 Å². The lowest BCUT2D eigenvalue weighted by Crippen LogP contribution is -2.46. The van der Waals surface area contributed by atoms with Crippen LogP contribution >= 0.6 is 0 Å². The predicted octanol–water partition coefficient (Wildman–Crippen LogP) is 1.53. The molecule has 1 amide bonds. The molecule has 1 aliphatic carbocycles. The largest absolute Gasteiger partial charge is 0.347 e. The highest BCUT2D eigenvalue weighted by atomic mass is 16.2. The number of nitrogens with one attached hydrogen (secondary N) is 2. The first-order valence-corrected chi connectivity index (χ1v) is 9.79. The molecule has 0 spiro atoms. The third kappa shape index (κ3) is 4.44. The van der Waals surface area contributed by atoms with Crippen LogP contribution in [0, 0.1) is 11.8 Å². The summed E-state index contributed by atoms with van der Waals surface area (Å²) in [4.78, 5) is 36.8. The first kappa shape index (κ1) is 18.9. The fraction of sp³-hybridized carbons (Fsp3) is 0.737. The summed E-state index contributed by atoms with van der Waals surface area (Å²) in [5.41, 5.74) is 0.494. The van der Waals surface area contributed by atoms with Crippen LogP contribution < -0.4 is 15.8 Å². The Labute approximate surface area is 155 Å². The zero-order valence-electron chi connectivity index (χ0n) is 16.1. The topological polar surface area (TPSA) is 81.3 Å². The number of amides is 1. The fourth-order valence-electron chi connectivity index (χ4n) is 3.83. The van der Waals surface area contributed by atoms with E-state index in [9.17, 15) is 9.59 Å². The van der Waals surface area contributed by atoms with Crippen LogP contribution in [0.15, 0.2) is 10.9 Å². The molecule has 1 aliphatic heterocycles. The van der Waals surface area contributed by atoms with Crippen LogP contribution in [0.5, 0.6) is 0 Å². The van der Waals surface area contributed by atoms with Crippen LogP contribution in [0.1, 0.15) is 51.3 Å². The number of aromatic nitrogens is 2. The Morgan fingerprint density at radius 2 is 1.88 bits per heavy atom. The number of hydrogen-bond acceptors (Lipinski definition) is 5. The first-order valence-electron chi connectivity index (χ1n) is 9.79. The number of hydrogen-bond donors (Lipinski definition) is 2. The Morgan fingerprint density at radius 3 is 2.50 bits per heavy atom. The van der Waals surface area contributed by atoms with E-state index in [-0.39, 0.29) is 29.3 Å². The molecule has 2 heterocycles. The molecule has 2 aliphatic rings. The van der Waals surface area contributed by atoms with Gasteiger partial charge in [0.1, 0.15) is 0 Å². The van der Waals surface area contributed by atoms with Crippen molar-refractivity contribution in [2.75, 3.05) is 38.1 Å². The molecular formula is C19H31N5O2. The van der Waals surface area contributed by atoms with Crippen LogP contribution in [0.2, 0.25) is 0 Å². The summed E-state index contributed by atoms with van der Waals surface area (Å²) in [5, 5.41) is 3.16. The van der Waals surface area contributed by atoms with Gasteiger partial charge in [0.15, 0.2) is 0 Å². The van der Waals surface area contributed by atoms with Gasteiger partial charge in [-0.3, -0.25) is 14.6 Å². The Morgan fingerprint density at radius 1 is 1.23 bits per heavy atom. The lowest BCUT2D eigenvalue weighted by molar-refractivity contribution is -0.125. The van der Waals surface area contributed by atoms with Gasteiger partial charge in [0.05, 0.1) is 11.7 Å². The monoisotopic (exact) mass is 361 g/mol. The molecule has 2 fully saturated rings. The summed E-state index contributed by atoms with van der Waals surface area (Å²) < 4.78 is 0. The summed E-state index contributed by atoms with van der Waals surface area (Å²) in [6.07, 6.45) is 4.18. The SMILES string of the molecule is CC(C)[C@H](NC(=O)C1CCCC1)c1cc(=O)[nH]c(N2CCN(C)CC2)n1. The highest BCUT2D eigenvalue weighted by Crippen LogP contribution is 2.27. The summed E-state index contributed by atoms with van der Waals surface area (Å²) in [7, 11) is 2.09. The molecule has 2 N–H and O–H groups in total. The number of rotatable bonds is 5. The Kier molecular flexibility index (Phi) is 5.96. The standard InChI is InChI=1S/C19H31N5O2/c1-13(2)17(22-18(26)14-6-4-5-7-14)15-12-16(25)21-19(20-15)24-10-8-23(3)9-11-24/h12-14,17H,4-11H2,1-3H3,(H,22,26)(H,20,21,25)/t17-/m0/s1. The van der Waals surface area contributed by atoms with Gasteiger partial charge in [-0.1, -0.05) is 26.7 Å². The predicted molar refractivity (Wildman–Crippen MR) is 102 cm³/mol. The van der Waals surface area contributed by atoms with E-state index in [0.717, 1.165) is 51.9 Å². The number of piperazine rings is 1. The molecule has 26 heavy (non-hydrogen) atoms. The molecule has 0 radical (unpaired) electrons. The molecule has 1 aromatic heterocycles. The molecule has 3 rings (SSSR count). The smallest absolute Gasteiger partial charge is 0.252 e. The van der Waals surface area contributed by atoms with Crippen LogP contribution in [0.4, 0.5) is 5.95 Å². The average Bonchev–Trinajstić information content (AvgIpc) is 3.14. The van der Waals surface area contributed by atoms with Crippen LogP contribution in [-0.4, -0.2) is 54.0 Å². The van der Waals surface area contributed by atoms with Gasteiger partial charge in [0, 0.05) is 38.2 Å². The number of aromatic amines is 1. The van der Waals surface area contributed by atoms with Gasteiger partial charge in [-0.2, -0.15) is 0 Å². The van der Waals surface area contributed by atoms with Gasteiger partial charge in [-0.25, -0.2) is 4.98 Å². The number of anilines is 1. The maximum Gasteiger partial charge on any atom is 0.252 e. The molecule has 0 bridgehead atoms. The number of likely N-dealkylation sites (N-methyl/N-ethyl adjacent to an activating group) is 1. The van der Waals surface area contributed by atoms with E-state index < -0.39 is 0 Å². The number of H-pyrrole nitrogens is 1.